The molecular formula is C24H31F2N3O3. The summed E-state index contributed by atoms with van der Waals surface area (Å²) in [4.78, 5) is 31.0. The minimum Gasteiger partial charge on any atom is -0.473 e. The zero-order valence-electron chi connectivity index (χ0n) is 19.1. The number of aldehydes is 1. The lowest BCUT2D eigenvalue weighted by Crippen LogP contribution is -2.39. The van der Waals surface area contributed by atoms with Gasteiger partial charge in [0.25, 0.3) is 5.91 Å². The van der Waals surface area contributed by atoms with E-state index >= 15 is 0 Å². The average Bonchev–Trinajstić information content (AvgIpc) is 2.76. The maximum Gasteiger partial charge on any atom is 0.286 e. The highest BCUT2D eigenvalue weighted by Gasteiger charge is 2.22. The summed E-state index contributed by atoms with van der Waals surface area (Å²) in [6.07, 6.45) is 5.67. The largest absolute Gasteiger partial charge is 0.473 e. The van der Waals surface area contributed by atoms with Gasteiger partial charge >= 0.3 is 0 Å². The predicted octanol–water partition coefficient (Wildman–Crippen LogP) is 4.42. The van der Waals surface area contributed by atoms with Gasteiger partial charge < -0.3 is 14.5 Å². The van der Waals surface area contributed by atoms with Crippen molar-refractivity contribution in [3.8, 4) is 0 Å². The molecule has 1 aromatic rings. The molecule has 1 unspecified atom stereocenters. The van der Waals surface area contributed by atoms with Gasteiger partial charge in [0.05, 0.1) is 0 Å². The van der Waals surface area contributed by atoms with Crippen molar-refractivity contribution in [2.24, 2.45) is 10.9 Å². The van der Waals surface area contributed by atoms with Crippen molar-refractivity contribution in [2.75, 3.05) is 19.6 Å². The molecule has 0 bridgehead atoms. The number of amides is 1. The number of ether oxygens (including phenoxy) is 1. The molecule has 0 fully saturated rings. The first-order chi connectivity index (χ1) is 15.3. The number of hydrogen-bond acceptors (Lipinski definition) is 5. The van der Waals surface area contributed by atoms with Crippen LogP contribution in [0.1, 0.15) is 46.1 Å². The molecule has 32 heavy (non-hydrogen) atoms. The van der Waals surface area contributed by atoms with E-state index in [2.05, 4.69) is 4.99 Å². The predicted molar refractivity (Wildman–Crippen MR) is 120 cm³/mol. The Labute approximate surface area is 188 Å². The minimum absolute atomic E-state index is 0.0649. The highest BCUT2D eigenvalue weighted by Crippen LogP contribution is 2.23. The van der Waals surface area contributed by atoms with Crippen LogP contribution in [0.25, 0.3) is 0 Å². The Bertz CT molecular complexity index is 912. The highest BCUT2D eigenvalue weighted by molar-refractivity contribution is 6.23. The SMILES string of the molecule is CC/C=C1/N=C(OCc2ccc(F)c(F)c2)C=C(C)N1CC(C)CN(CCC)C(=O)C=O. The summed E-state index contributed by atoms with van der Waals surface area (Å²) in [6.45, 7) is 9.61. The third-order valence-corrected chi connectivity index (χ3v) is 4.95. The summed E-state index contributed by atoms with van der Waals surface area (Å²) in [7, 11) is 0. The van der Waals surface area contributed by atoms with E-state index in [4.69, 9.17) is 4.74 Å². The Balaban J connectivity index is 2.08. The van der Waals surface area contributed by atoms with E-state index in [1.54, 1.807) is 11.0 Å². The van der Waals surface area contributed by atoms with Crippen molar-refractivity contribution in [2.45, 2.75) is 47.1 Å². The van der Waals surface area contributed by atoms with Gasteiger partial charge in [-0.1, -0.05) is 26.8 Å². The topological polar surface area (TPSA) is 62.2 Å². The number of nitrogens with zero attached hydrogens (tertiary/aromatic N) is 3. The number of hydrogen-bond donors (Lipinski definition) is 0. The molecule has 0 aromatic heterocycles. The molecule has 0 saturated heterocycles. The Morgan fingerprint density at radius 1 is 1.28 bits per heavy atom. The number of halogens is 2. The van der Waals surface area contributed by atoms with Crippen LogP contribution in [0, 0.1) is 17.6 Å². The summed E-state index contributed by atoms with van der Waals surface area (Å²) in [5.41, 5.74) is 1.42. The number of benzene rings is 1. The van der Waals surface area contributed by atoms with E-state index in [0.29, 0.717) is 37.4 Å². The van der Waals surface area contributed by atoms with Crippen LogP contribution in [0.4, 0.5) is 8.78 Å². The second kappa shape index (κ2) is 12.1. The third kappa shape index (κ3) is 7.00. The molecule has 0 saturated carbocycles. The molecule has 0 spiro atoms. The van der Waals surface area contributed by atoms with Gasteiger partial charge in [-0.3, -0.25) is 9.59 Å². The Kier molecular flexibility index (Phi) is 9.56. The van der Waals surface area contributed by atoms with E-state index in [1.165, 1.54) is 6.07 Å². The van der Waals surface area contributed by atoms with Crippen LogP contribution in [-0.2, 0) is 20.9 Å². The fraction of sp³-hybridized carbons (Fsp3) is 0.458. The van der Waals surface area contributed by atoms with E-state index in [0.717, 1.165) is 36.5 Å². The van der Waals surface area contributed by atoms with E-state index in [9.17, 15) is 18.4 Å². The zero-order valence-corrected chi connectivity index (χ0v) is 19.1. The monoisotopic (exact) mass is 447 g/mol. The fourth-order valence-electron chi connectivity index (χ4n) is 3.46. The molecule has 1 aliphatic heterocycles. The summed E-state index contributed by atoms with van der Waals surface area (Å²) in [5.74, 6) is -1.11. The third-order valence-electron chi connectivity index (χ3n) is 4.95. The van der Waals surface area contributed by atoms with Gasteiger partial charge in [0, 0.05) is 31.4 Å². The van der Waals surface area contributed by atoms with Gasteiger partial charge in [0.2, 0.25) is 12.2 Å². The first kappa shape index (κ1) is 25.2. The summed E-state index contributed by atoms with van der Waals surface area (Å²) >= 11 is 0. The number of aliphatic imine (C=N–C) groups is 1. The summed E-state index contributed by atoms with van der Waals surface area (Å²) in [6, 6.07) is 3.65. The molecular weight excluding hydrogens is 416 g/mol. The normalized spacial score (nSPS) is 15.8. The van der Waals surface area contributed by atoms with Crippen molar-refractivity contribution in [1.29, 1.82) is 0 Å². The lowest BCUT2D eigenvalue weighted by molar-refractivity contribution is -0.139. The Hall–Kier alpha value is -3.03. The average molecular weight is 448 g/mol. The van der Waals surface area contributed by atoms with Crippen LogP contribution in [0.3, 0.4) is 0 Å². The standard InChI is InChI=1S/C24H31F2N3O3/c1-5-7-22-27-23(32-16-19-8-9-20(25)21(26)12-19)11-18(4)29(22)14-17(3)13-28(10-6-2)24(31)15-30/h7-9,11-12,15,17H,5-6,10,13-14,16H2,1-4H3/b22-7-. The van der Waals surface area contributed by atoms with Crippen molar-refractivity contribution in [1.82, 2.24) is 9.80 Å². The van der Waals surface area contributed by atoms with E-state index in [1.807, 2.05) is 38.7 Å². The quantitative estimate of drug-likeness (QED) is 0.393. The van der Waals surface area contributed by atoms with Gasteiger partial charge in [-0.15, -0.1) is 0 Å². The van der Waals surface area contributed by atoms with Crippen molar-refractivity contribution in [3.63, 3.8) is 0 Å². The molecule has 1 amide bonds. The molecule has 1 aromatic carbocycles. The van der Waals surface area contributed by atoms with E-state index < -0.39 is 17.5 Å². The second-order valence-corrected chi connectivity index (χ2v) is 7.86. The molecule has 0 aliphatic carbocycles. The molecule has 2 rings (SSSR count). The van der Waals surface area contributed by atoms with Gasteiger partial charge in [-0.25, -0.2) is 8.78 Å². The van der Waals surface area contributed by atoms with Gasteiger partial charge in [-0.2, -0.15) is 4.99 Å². The van der Waals surface area contributed by atoms with E-state index in [-0.39, 0.29) is 12.5 Å². The molecule has 1 aliphatic rings. The molecule has 6 nitrogen and oxygen atoms in total. The second-order valence-electron chi connectivity index (χ2n) is 7.86. The smallest absolute Gasteiger partial charge is 0.286 e. The van der Waals surface area contributed by atoms with Crippen LogP contribution in [0.5, 0.6) is 0 Å². The van der Waals surface area contributed by atoms with Gasteiger partial charge in [0.1, 0.15) is 12.4 Å². The van der Waals surface area contributed by atoms with Gasteiger partial charge in [-0.05, 0) is 49.5 Å². The minimum atomic E-state index is -0.916. The molecule has 174 valence electrons. The van der Waals surface area contributed by atoms with Crippen LogP contribution >= 0.6 is 0 Å². The first-order valence-corrected chi connectivity index (χ1v) is 10.8. The molecule has 1 atom stereocenters. The fourth-order valence-corrected chi connectivity index (χ4v) is 3.46. The summed E-state index contributed by atoms with van der Waals surface area (Å²) in [5, 5.41) is 0. The molecule has 8 heteroatoms. The highest BCUT2D eigenvalue weighted by atomic mass is 19.2. The number of carbonyl (C=O) groups is 2. The Morgan fingerprint density at radius 2 is 2.03 bits per heavy atom. The lowest BCUT2D eigenvalue weighted by Gasteiger charge is -2.33. The van der Waals surface area contributed by atoms with Crippen LogP contribution in [0.15, 0.2) is 46.9 Å². The first-order valence-electron chi connectivity index (χ1n) is 10.8. The van der Waals surface area contributed by atoms with Crippen molar-refractivity contribution in [3.05, 3.63) is 59.1 Å². The number of allylic oxidation sites excluding steroid dienone is 2. The Morgan fingerprint density at radius 3 is 2.66 bits per heavy atom. The maximum atomic E-state index is 13.4. The molecule has 1 heterocycles. The van der Waals surface area contributed by atoms with Gasteiger partial charge in [0.15, 0.2) is 11.6 Å². The molecule has 0 N–H and O–H groups in total. The van der Waals surface area contributed by atoms with Crippen LogP contribution in [-0.4, -0.2) is 47.5 Å². The maximum absolute atomic E-state index is 13.4. The molecule has 0 radical (unpaired) electrons. The summed E-state index contributed by atoms with van der Waals surface area (Å²) < 4.78 is 32.3. The number of rotatable bonds is 10. The zero-order chi connectivity index (χ0) is 23.7. The van der Waals surface area contributed by atoms with Crippen molar-refractivity contribution < 1.29 is 23.1 Å². The number of carbonyl (C=O) groups excluding carboxylic acids is 2. The van der Waals surface area contributed by atoms with Crippen molar-refractivity contribution >= 4 is 18.1 Å². The van der Waals surface area contributed by atoms with Crippen LogP contribution in [0.2, 0.25) is 0 Å². The van der Waals surface area contributed by atoms with Crippen LogP contribution < -0.4 is 0 Å². The lowest BCUT2D eigenvalue weighted by atomic mass is 10.1.